The normalized spacial score (nSPS) is 16.5. The number of unbranched alkanes of at least 4 members (excludes halogenated alkanes) is 2. The molecule has 8 N–H and O–H groups in total. The molecule has 0 aliphatic carbocycles. The third kappa shape index (κ3) is 15.9. The van der Waals surface area contributed by atoms with Crippen molar-refractivity contribution in [2.45, 2.75) is 106 Å². The van der Waals surface area contributed by atoms with Crippen LogP contribution >= 0.6 is 0 Å². The predicted molar refractivity (Wildman–Crippen MR) is 334 cm³/mol. The van der Waals surface area contributed by atoms with Crippen molar-refractivity contribution in [3.8, 4) is 17.3 Å². The molecule has 7 aromatic rings. The standard InChI is InChI=1S/C59H69N11O16S4/c1-58(2)45-36-42(89(79,80)81)23-25-47(45)67(30-12-34-87(73,74)75)50(58)16-6-4-7-17-51-59(3,46-37-43(90(82,83)84)24-26-48(46)68(51)31-13-35-88(76,77)78)27-9-5-8-18-52(71)61-28-29-62-53(72)39-86-41-21-19-40(20-22-41)14-10-32-69-55-44(38-63-69)56-64-54(49-15-11-33-85-49)66-70(56)57(60)65-55/h4,6-7,11,15-17,19-26,33,36-38H,5,8-10,12-14,18,27-32,34-35,39H2,1-3H3,(H7-,60,61,62,63,64,65,66,71,72,73,74,75,76,77,78,79,80,81,82,83,84)/p+1. The molecule has 27 nitrogen and oxygen atoms in total. The van der Waals surface area contributed by atoms with Gasteiger partial charge >= 0.3 is 0 Å². The van der Waals surface area contributed by atoms with Crippen molar-refractivity contribution < 1.29 is 75.2 Å². The summed E-state index contributed by atoms with van der Waals surface area (Å²) < 4.78 is 152. The van der Waals surface area contributed by atoms with Gasteiger partial charge in [-0.2, -0.15) is 52.8 Å². The van der Waals surface area contributed by atoms with Crippen molar-refractivity contribution in [2.24, 2.45) is 0 Å². The van der Waals surface area contributed by atoms with Crippen molar-refractivity contribution >= 4 is 92.0 Å². The number of nitrogens with one attached hydrogen (secondary N) is 2. The van der Waals surface area contributed by atoms with Crippen LogP contribution in [0.3, 0.4) is 0 Å². The van der Waals surface area contributed by atoms with Crippen LogP contribution < -0.4 is 26.0 Å². The summed E-state index contributed by atoms with van der Waals surface area (Å²) in [6, 6.07) is 19.2. The lowest BCUT2D eigenvalue weighted by atomic mass is 9.77. The Hall–Kier alpha value is -8.17. The van der Waals surface area contributed by atoms with Crippen LogP contribution in [0.4, 0.5) is 17.3 Å². The number of anilines is 2. The first-order chi connectivity index (χ1) is 42.5. The van der Waals surface area contributed by atoms with Gasteiger partial charge in [-0.15, -0.1) is 5.10 Å². The number of aromatic nitrogens is 6. The summed E-state index contributed by atoms with van der Waals surface area (Å²) in [6.45, 7) is 6.40. The highest BCUT2D eigenvalue weighted by Gasteiger charge is 2.46. The number of nitrogens with zero attached hydrogens (tertiary/aromatic N) is 8. The Labute approximate surface area is 520 Å². The second-order valence-corrected chi connectivity index (χ2v) is 28.5. The lowest BCUT2D eigenvalue weighted by molar-refractivity contribution is -0.437. The predicted octanol–water partition coefficient (Wildman–Crippen LogP) is 6.41. The molecule has 1 atom stereocenters. The van der Waals surface area contributed by atoms with Gasteiger partial charge in [-0.3, -0.25) is 27.8 Å². The van der Waals surface area contributed by atoms with E-state index in [0.29, 0.717) is 100 Å². The summed E-state index contributed by atoms with van der Waals surface area (Å²) in [4.78, 5) is 35.9. The third-order valence-electron chi connectivity index (χ3n) is 15.8. The molecule has 90 heavy (non-hydrogen) atoms. The maximum Gasteiger partial charge on any atom is 0.294 e. The molecule has 0 saturated heterocycles. The van der Waals surface area contributed by atoms with Gasteiger partial charge in [0.25, 0.3) is 46.4 Å². The Morgan fingerprint density at radius 3 is 2.12 bits per heavy atom. The van der Waals surface area contributed by atoms with Gasteiger partial charge < -0.3 is 30.4 Å². The Bertz CT molecular complexity index is 4450. The zero-order valence-corrected chi connectivity index (χ0v) is 52.7. The number of amides is 2. The number of ether oxygens (including phenoxy) is 1. The molecule has 9 rings (SSSR count). The monoisotopic (exact) mass is 1320 g/mol. The highest BCUT2D eigenvalue weighted by atomic mass is 32.2. The first-order valence-corrected chi connectivity index (χ1v) is 34.9. The summed E-state index contributed by atoms with van der Waals surface area (Å²) in [6.07, 6.45) is 15.5. The summed E-state index contributed by atoms with van der Waals surface area (Å²) in [5, 5.41) is 15.2. The minimum Gasteiger partial charge on any atom is -0.484 e. The molecule has 4 aromatic heterocycles. The average Bonchev–Trinajstić information content (AvgIpc) is 1.61. The molecule has 0 spiro atoms. The fraction of sp³-hybridized carbons (Fsp3) is 0.373. The number of rotatable bonds is 30. The second kappa shape index (κ2) is 27.1. The molecule has 3 aromatic carbocycles. The van der Waals surface area contributed by atoms with Gasteiger partial charge in [0.05, 0.1) is 44.6 Å². The van der Waals surface area contributed by atoms with E-state index in [0.717, 1.165) is 18.4 Å². The highest BCUT2D eigenvalue weighted by molar-refractivity contribution is 7.86. The van der Waals surface area contributed by atoms with Crippen molar-refractivity contribution in [3.05, 3.63) is 138 Å². The molecule has 0 saturated carbocycles. The Kier molecular flexibility index (Phi) is 20.0. The van der Waals surface area contributed by atoms with Crippen LogP contribution in [0.5, 0.6) is 5.75 Å². The van der Waals surface area contributed by atoms with Crippen LogP contribution in [0.2, 0.25) is 0 Å². The average molecular weight is 1320 g/mol. The van der Waals surface area contributed by atoms with E-state index in [-0.39, 0.29) is 79.6 Å². The summed E-state index contributed by atoms with van der Waals surface area (Å²) in [5.41, 5.74) is 10.0. The molecule has 31 heteroatoms. The molecule has 480 valence electrons. The largest absolute Gasteiger partial charge is 0.484 e. The minimum atomic E-state index is -4.67. The topological polar surface area (TPSA) is 391 Å². The van der Waals surface area contributed by atoms with E-state index in [1.54, 1.807) is 76.4 Å². The van der Waals surface area contributed by atoms with Gasteiger partial charge in [0.2, 0.25) is 23.4 Å². The van der Waals surface area contributed by atoms with Gasteiger partial charge in [0.15, 0.2) is 29.4 Å². The van der Waals surface area contributed by atoms with Crippen LogP contribution in [0.25, 0.3) is 28.3 Å². The number of carbonyl (C=O) groups is 2. The Balaban J connectivity index is 0.768. The van der Waals surface area contributed by atoms with Crippen LogP contribution in [-0.2, 0) is 73.9 Å². The number of fused-ring (bicyclic) bond motifs is 5. The number of carbonyl (C=O) groups excluding carboxylic acids is 2. The van der Waals surface area contributed by atoms with E-state index in [9.17, 15) is 61.5 Å². The van der Waals surface area contributed by atoms with E-state index in [1.807, 2.05) is 37.8 Å². The van der Waals surface area contributed by atoms with Crippen molar-refractivity contribution in [1.29, 1.82) is 0 Å². The van der Waals surface area contributed by atoms with Gasteiger partial charge in [-0.05, 0) is 125 Å². The van der Waals surface area contributed by atoms with E-state index < -0.39 is 62.8 Å². The number of benzene rings is 3. The Morgan fingerprint density at radius 1 is 0.744 bits per heavy atom. The van der Waals surface area contributed by atoms with Gasteiger partial charge in [-0.1, -0.05) is 43.2 Å². The van der Waals surface area contributed by atoms with Gasteiger partial charge in [-0.25, -0.2) is 9.67 Å². The number of aryl methyl sites for hydroxylation is 2. The SMILES string of the molecule is CC1(C)C(/C=C/C=C/C=C2/N(CCCS(=O)(=O)O)c3ccc(S(=O)(=O)O)cc3C2(C)CCCCCC(=O)NCCNC(=O)COc2ccc(CCCn3ncc4c3nc(N)n3nc(-c5ccco5)nc43)cc2)=[N+](CCCS(=O)(=O)O)c2ccc(S(=O)(=O)O)cc21. The molecular weight excluding hydrogens is 1250 g/mol. The highest BCUT2D eigenvalue weighted by Crippen LogP contribution is 2.51. The zero-order chi connectivity index (χ0) is 64.8. The van der Waals surface area contributed by atoms with Gasteiger partial charge in [0, 0.05) is 73.5 Å². The fourth-order valence-corrected chi connectivity index (χ4v) is 13.4. The second-order valence-electron chi connectivity index (χ2n) is 22.5. The quantitative estimate of drug-likeness (QED) is 0.0111. The fourth-order valence-electron chi connectivity index (χ4n) is 11.4. The van der Waals surface area contributed by atoms with Crippen LogP contribution in [0.1, 0.15) is 88.8 Å². The smallest absolute Gasteiger partial charge is 0.294 e. The third-order valence-corrected chi connectivity index (χ3v) is 19.1. The van der Waals surface area contributed by atoms with Crippen LogP contribution in [0.15, 0.2) is 136 Å². The van der Waals surface area contributed by atoms with Crippen LogP contribution in [-0.4, -0.2) is 148 Å². The number of allylic oxidation sites excluding steroid dienone is 6. The van der Waals surface area contributed by atoms with Crippen LogP contribution in [0, 0.1) is 0 Å². The summed E-state index contributed by atoms with van der Waals surface area (Å²) >= 11 is 0. The van der Waals surface area contributed by atoms with Gasteiger partial charge in [0.1, 0.15) is 12.3 Å². The van der Waals surface area contributed by atoms with Crippen molar-refractivity contribution in [2.75, 3.05) is 54.9 Å². The molecule has 6 heterocycles. The number of hydrogen-bond donors (Lipinski definition) is 7. The molecule has 0 radical (unpaired) electrons. The summed E-state index contributed by atoms with van der Waals surface area (Å²) in [7, 11) is -17.9. The van der Waals surface area contributed by atoms with E-state index in [1.165, 1.54) is 40.9 Å². The first kappa shape index (κ1) is 66.3. The maximum atomic E-state index is 12.9. The molecule has 1 unspecified atom stereocenters. The number of nitrogens with two attached hydrogens (primary N) is 1. The summed E-state index contributed by atoms with van der Waals surface area (Å²) in [5.74, 6) is -0.148. The number of furan rings is 1. The molecular formula is C59H70N11O16S4+. The van der Waals surface area contributed by atoms with Crippen molar-refractivity contribution in [3.63, 3.8) is 0 Å². The zero-order valence-electron chi connectivity index (χ0n) is 49.5. The minimum absolute atomic E-state index is 0.0173. The molecule has 0 fully saturated rings. The van der Waals surface area contributed by atoms with E-state index in [4.69, 9.17) is 14.9 Å². The first-order valence-electron chi connectivity index (χ1n) is 28.8. The molecule has 0 bridgehead atoms. The molecule has 2 amide bonds. The Morgan fingerprint density at radius 2 is 1.43 bits per heavy atom. The molecule has 2 aliphatic rings. The molecule has 2 aliphatic heterocycles. The van der Waals surface area contributed by atoms with Crippen molar-refractivity contribution in [1.82, 2.24) is 40.0 Å². The lowest BCUT2D eigenvalue weighted by Gasteiger charge is -2.30. The van der Waals surface area contributed by atoms with E-state index >= 15 is 0 Å². The number of hydrogen-bond acceptors (Lipinski definition) is 18. The number of nitrogen functional groups attached to an aromatic ring is 1. The lowest BCUT2D eigenvalue weighted by Crippen LogP contribution is -2.36. The van der Waals surface area contributed by atoms with E-state index in [2.05, 4.69) is 30.8 Å². The maximum absolute atomic E-state index is 12.9.